The van der Waals surface area contributed by atoms with E-state index in [2.05, 4.69) is 5.32 Å². The van der Waals surface area contributed by atoms with E-state index in [0.717, 1.165) is 16.9 Å². The SMILES string of the molecule is O=C(COC(=O)c1ccc(-c2ccc(F)cc2)s1)Nc1ccc2c(c1)OCCCO2. The summed E-state index contributed by atoms with van der Waals surface area (Å²) in [6.07, 6.45) is 0.790. The first-order valence-corrected chi connectivity index (χ1v) is 10.1. The summed E-state index contributed by atoms with van der Waals surface area (Å²) in [6, 6.07) is 14.5. The van der Waals surface area contributed by atoms with E-state index in [0.29, 0.717) is 35.3 Å². The van der Waals surface area contributed by atoms with Crippen LogP contribution in [0, 0.1) is 5.82 Å². The van der Waals surface area contributed by atoms with Gasteiger partial charge in [-0.1, -0.05) is 12.1 Å². The van der Waals surface area contributed by atoms with Gasteiger partial charge in [0.2, 0.25) is 0 Å². The summed E-state index contributed by atoms with van der Waals surface area (Å²) in [5.41, 5.74) is 1.32. The molecule has 6 nitrogen and oxygen atoms in total. The number of esters is 1. The minimum Gasteiger partial charge on any atom is -0.490 e. The fourth-order valence-electron chi connectivity index (χ4n) is 2.86. The Labute approximate surface area is 176 Å². The van der Waals surface area contributed by atoms with Gasteiger partial charge in [0.1, 0.15) is 10.7 Å². The maximum atomic E-state index is 13.0. The lowest BCUT2D eigenvalue weighted by molar-refractivity contribution is -0.119. The summed E-state index contributed by atoms with van der Waals surface area (Å²) >= 11 is 1.21. The number of anilines is 1. The molecule has 2 aromatic carbocycles. The number of carbonyl (C=O) groups excluding carboxylic acids is 2. The second kappa shape index (κ2) is 8.96. The lowest BCUT2D eigenvalue weighted by Gasteiger charge is -2.10. The molecule has 1 aromatic heterocycles. The molecule has 1 aliphatic rings. The molecule has 0 bridgehead atoms. The predicted molar refractivity (Wildman–Crippen MR) is 111 cm³/mol. The monoisotopic (exact) mass is 427 g/mol. The molecule has 3 aromatic rings. The Morgan fingerprint density at radius 1 is 1.00 bits per heavy atom. The molecule has 154 valence electrons. The topological polar surface area (TPSA) is 73.9 Å². The van der Waals surface area contributed by atoms with E-state index in [1.54, 1.807) is 42.5 Å². The van der Waals surface area contributed by atoms with Gasteiger partial charge >= 0.3 is 5.97 Å². The number of hydrogen-bond acceptors (Lipinski definition) is 6. The quantitative estimate of drug-likeness (QED) is 0.607. The van der Waals surface area contributed by atoms with E-state index in [1.165, 1.54) is 23.5 Å². The number of thiophene rings is 1. The van der Waals surface area contributed by atoms with Crippen molar-refractivity contribution in [3.8, 4) is 21.9 Å². The Balaban J connectivity index is 1.32. The zero-order valence-electron chi connectivity index (χ0n) is 15.9. The summed E-state index contributed by atoms with van der Waals surface area (Å²) in [4.78, 5) is 25.6. The lowest BCUT2D eigenvalue weighted by Crippen LogP contribution is -2.20. The Bertz CT molecular complexity index is 1060. The second-order valence-electron chi connectivity index (χ2n) is 6.51. The third-order valence-corrected chi connectivity index (χ3v) is 5.42. The maximum Gasteiger partial charge on any atom is 0.348 e. The fraction of sp³-hybridized carbons (Fsp3) is 0.182. The number of rotatable bonds is 5. The first kappa shape index (κ1) is 19.9. The molecule has 8 heteroatoms. The van der Waals surface area contributed by atoms with Crippen LogP contribution in [0.1, 0.15) is 16.1 Å². The van der Waals surface area contributed by atoms with Gasteiger partial charge in [0.15, 0.2) is 18.1 Å². The molecule has 0 saturated carbocycles. The summed E-state index contributed by atoms with van der Waals surface area (Å²) < 4.78 is 29.3. The number of halogens is 1. The summed E-state index contributed by atoms with van der Waals surface area (Å²) in [6.45, 7) is 0.708. The van der Waals surface area contributed by atoms with E-state index in [1.807, 2.05) is 0 Å². The highest BCUT2D eigenvalue weighted by molar-refractivity contribution is 7.17. The Morgan fingerprint density at radius 2 is 1.77 bits per heavy atom. The van der Waals surface area contributed by atoms with E-state index < -0.39 is 18.5 Å². The number of fused-ring (bicyclic) bond motifs is 1. The van der Waals surface area contributed by atoms with Gasteiger partial charge in [0.05, 0.1) is 13.2 Å². The zero-order valence-corrected chi connectivity index (χ0v) is 16.7. The molecule has 4 rings (SSSR count). The normalized spacial score (nSPS) is 12.7. The molecule has 1 N–H and O–H groups in total. The first-order chi connectivity index (χ1) is 14.6. The number of ether oxygens (including phenoxy) is 3. The van der Waals surface area contributed by atoms with Crippen molar-refractivity contribution >= 4 is 28.9 Å². The highest BCUT2D eigenvalue weighted by Crippen LogP contribution is 2.32. The first-order valence-electron chi connectivity index (χ1n) is 9.31. The Hall–Kier alpha value is -3.39. The van der Waals surface area contributed by atoms with Crippen LogP contribution < -0.4 is 14.8 Å². The smallest absolute Gasteiger partial charge is 0.348 e. The van der Waals surface area contributed by atoms with Crippen molar-refractivity contribution in [3.63, 3.8) is 0 Å². The highest BCUT2D eigenvalue weighted by atomic mass is 32.1. The lowest BCUT2D eigenvalue weighted by atomic mass is 10.2. The number of benzene rings is 2. The summed E-state index contributed by atoms with van der Waals surface area (Å²) in [5.74, 6) is -0.189. The summed E-state index contributed by atoms with van der Waals surface area (Å²) in [5, 5.41) is 2.67. The zero-order chi connectivity index (χ0) is 20.9. The van der Waals surface area contributed by atoms with Gasteiger partial charge in [0, 0.05) is 23.1 Å². The molecular formula is C22H18FNO5S. The van der Waals surface area contributed by atoms with Crippen LogP contribution in [0.3, 0.4) is 0 Å². The van der Waals surface area contributed by atoms with Crippen LogP contribution in [0.5, 0.6) is 11.5 Å². The average Bonchev–Trinajstić information content (AvgIpc) is 3.12. The van der Waals surface area contributed by atoms with Crippen molar-refractivity contribution in [2.75, 3.05) is 25.1 Å². The third kappa shape index (κ3) is 4.77. The molecule has 0 saturated heterocycles. The molecular weight excluding hydrogens is 409 g/mol. The number of carbonyl (C=O) groups is 2. The van der Waals surface area contributed by atoms with Gasteiger partial charge in [-0.2, -0.15) is 0 Å². The van der Waals surface area contributed by atoms with Gasteiger partial charge in [-0.3, -0.25) is 4.79 Å². The fourth-order valence-corrected chi connectivity index (χ4v) is 3.76. The average molecular weight is 427 g/mol. The molecule has 1 aliphatic heterocycles. The van der Waals surface area contributed by atoms with Crippen LogP contribution in [-0.4, -0.2) is 31.7 Å². The minimum atomic E-state index is -0.595. The van der Waals surface area contributed by atoms with Gasteiger partial charge in [0.25, 0.3) is 5.91 Å². The van der Waals surface area contributed by atoms with Crippen LogP contribution in [0.2, 0.25) is 0 Å². The molecule has 0 spiro atoms. The number of amides is 1. The van der Waals surface area contributed by atoms with Gasteiger partial charge in [-0.25, -0.2) is 9.18 Å². The predicted octanol–water partition coefficient (Wildman–Crippen LogP) is 4.51. The number of hydrogen-bond donors (Lipinski definition) is 1. The third-order valence-electron chi connectivity index (χ3n) is 4.30. The minimum absolute atomic E-state index is 0.325. The van der Waals surface area contributed by atoms with E-state index in [-0.39, 0.29) is 5.82 Å². The van der Waals surface area contributed by atoms with Crippen molar-refractivity contribution in [1.82, 2.24) is 0 Å². The van der Waals surface area contributed by atoms with Crippen LogP contribution >= 0.6 is 11.3 Å². The molecule has 1 amide bonds. The van der Waals surface area contributed by atoms with Crippen LogP contribution in [0.4, 0.5) is 10.1 Å². The van der Waals surface area contributed by atoms with Gasteiger partial charge in [-0.05, 0) is 42.0 Å². The van der Waals surface area contributed by atoms with Crippen molar-refractivity contribution in [2.24, 2.45) is 0 Å². The highest BCUT2D eigenvalue weighted by Gasteiger charge is 2.15. The molecule has 0 aliphatic carbocycles. The van der Waals surface area contributed by atoms with E-state index in [9.17, 15) is 14.0 Å². The molecule has 0 fully saturated rings. The van der Waals surface area contributed by atoms with Crippen LogP contribution in [-0.2, 0) is 9.53 Å². The van der Waals surface area contributed by atoms with Gasteiger partial charge < -0.3 is 19.5 Å². The van der Waals surface area contributed by atoms with Gasteiger partial charge in [-0.15, -0.1) is 11.3 Å². The molecule has 2 heterocycles. The molecule has 30 heavy (non-hydrogen) atoms. The largest absolute Gasteiger partial charge is 0.490 e. The standard InChI is InChI=1S/C22H18FNO5S/c23-15-4-2-14(3-5-15)19-8-9-20(30-19)22(26)29-13-21(25)24-16-6-7-17-18(12-16)28-11-1-10-27-17/h2-9,12H,1,10-11,13H2,(H,24,25). The van der Waals surface area contributed by atoms with E-state index in [4.69, 9.17) is 14.2 Å². The Morgan fingerprint density at radius 3 is 2.57 bits per heavy atom. The van der Waals surface area contributed by atoms with Crippen molar-refractivity contribution in [1.29, 1.82) is 0 Å². The Kier molecular flexibility index (Phi) is 5.94. The van der Waals surface area contributed by atoms with Crippen molar-refractivity contribution < 1.29 is 28.2 Å². The molecule has 0 unspecified atom stereocenters. The molecule has 0 atom stereocenters. The van der Waals surface area contributed by atoms with Crippen LogP contribution in [0.15, 0.2) is 54.6 Å². The second-order valence-corrected chi connectivity index (χ2v) is 7.59. The molecule has 0 radical (unpaired) electrons. The summed E-state index contributed by atoms with van der Waals surface area (Å²) in [7, 11) is 0. The number of nitrogens with one attached hydrogen (secondary N) is 1. The maximum absolute atomic E-state index is 13.0. The van der Waals surface area contributed by atoms with E-state index >= 15 is 0 Å². The van der Waals surface area contributed by atoms with Crippen molar-refractivity contribution in [3.05, 3.63) is 65.3 Å². The van der Waals surface area contributed by atoms with Crippen molar-refractivity contribution in [2.45, 2.75) is 6.42 Å². The van der Waals surface area contributed by atoms with Crippen LogP contribution in [0.25, 0.3) is 10.4 Å².